The normalized spacial score (nSPS) is 20.1. The summed E-state index contributed by atoms with van der Waals surface area (Å²) >= 11 is 0. The van der Waals surface area contributed by atoms with Crippen molar-refractivity contribution >= 4 is 27.0 Å². The number of nitrogens with one attached hydrogen (secondary N) is 1. The van der Waals surface area contributed by atoms with Gasteiger partial charge in [0, 0.05) is 6.04 Å². The first-order valence-electron chi connectivity index (χ1n) is 7.11. The lowest BCUT2D eigenvalue weighted by Gasteiger charge is -2.40. The van der Waals surface area contributed by atoms with Gasteiger partial charge in [0.2, 0.25) is 0 Å². The van der Waals surface area contributed by atoms with Crippen LogP contribution in [0.25, 0.3) is 0 Å². The van der Waals surface area contributed by atoms with Crippen LogP contribution in [0.15, 0.2) is 30.3 Å². The van der Waals surface area contributed by atoms with Crippen molar-refractivity contribution in [2.45, 2.75) is 50.7 Å². The second-order valence-electron chi connectivity index (χ2n) is 5.68. The summed E-state index contributed by atoms with van der Waals surface area (Å²) < 4.78 is 0. The quantitative estimate of drug-likeness (QED) is 0.893. The minimum absolute atomic E-state index is 0. The molecule has 0 aromatic heterocycles. The maximum Gasteiger partial charge on any atom is 0.102 e. The lowest BCUT2D eigenvalue weighted by molar-refractivity contribution is -0.0113. The molecule has 2 N–H and O–H groups in total. The molecule has 1 aromatic rings. The van der Waals surface area contributed by atoms with Gasteiger partial charge in [-0.1, -0.05) is 49.6 Å². The van der Waals surface area contributed by atoms with E-state index in [0.29, 0.717) is 5.92 Å². The first-order valence-corrected chi connectivity index (χ1v) is 7.11. The Kier molecular flexibility index (Phi) is 8.91. The molecule has 1 fully saturated rings. The van der Waals surface area contributed by atoms with E-state index >= 15 is 0 Å². The number of rotatable bonds is 4. The topological polar surface area (TPSA) is 32.3 Å². The zero-order chi connectivity index (χ0) is 13.0. The molecule has 0 spiro atoms. The third-order valence-corrected chi connectivity index (χ3v) is 4.40. The molecule has 1 aliphatic rings. The van der Waals surface area contributed by atoms with Gasteiger partial charge in [-0.15, -0.1) is 0 Å². The number of hydrogen-bond donors (Lipinski definition) is 2. The molecule has 2 atom stereocenters. The third kappa shape index (κ3) is 4.42. The first-order chi connectivity index (χ1) is 8.66. The van der Waals surface area contributed by atoms with E-state index in [1.807, 2.05) is 44.3 Å². The third-order valence-electron chi connectivity index (χ3n) is 4.40. The van der Waals surface area contributed by atoms with Crippen LogP contribution in [0.5, 0.6) is 0 Å². The molecule has 20 heavy (non-hydrogen) atoms. The Bertz CT molecular complexity index is 364. The highest BCUT2D eigenvalue weighted by molar-refractivity contribution is 7.59. The number of benzene rings is 1. The summed E-state index contributed by atoms with van der Waals surface area (Å²) in [5, 5.41) is 14.3. The van der Waals surface area contributed by atoms with Crippen LogP contribution in [0.4, 0.5) is 0 Å². The van der Waals surface area contributed by atoms with E-state index in [0.717, 1.165) is 5.56 Å². The maximum atomic E-state index is 10.9. The number of hydrogen-bond acceptors (Lipinski definition) is 2. The lowest BCUT2D eigenvalue weighted by atomic mass is 9.75. The predicted molar refractivity (Wildman–Crippen MR) is 96.2 cm³/mol. The Morgan fingerprint density at radius 3 is 2.15 bits per heavy atom. The Hall–Kier alpha value is -0.160. The Morgan fingerprint density at radius 2 is 1.65 bits per heavy atom. The fourth-order valence-electron chi connectivity index (χ4n) is 3.40. The molecule has 0 saturated heterocycles. The van der Waals surface area contributed by atoms with Crippen LogP contribution < -0.4 is 5.32 Å². The molecule has 0 aliphatic heterocycles. The molecule has 1 aliphatic carbocycles. The van der Waals surface area contributed by atoms with Crippen molar-refractivity contribution in [2.75, 3.05) is 7.05 Å². The van der Waals surface area contributed by atoms with Crippen molar-refractivity contribution in [1.29, 1.82) is 0 Å². The number of likely N-dealkylation sites (N-methyl/N-ethyl adjacent to an activating group) is 1. The van der Waals surface area contributed by atoms with E-state index < -0.39 is 5.60 Å². The van der Waals surface area contributed by atoms with Crippen molar-refractivity contribution in [3.05, 3.63) is 35.9 Å². The highest BCUT2D eigenvalue weighted by Gasteiger charge is 2.38. The van der Waals surface area contributed by atoms with Crippen molar-refractivity contribution < 1.29 is 5.11 Å². The molecule has 1 aromatic carbocycles. The van der Waals surface area contributed by atoms with E-state index in [2.05, 4.69) is 5.32 Å². The molecule has 0 bridgehead atoms. The lowest BCUT2D eigenvalue weighted by Crippen LogP contribution is -2.50. The Labute approximate surface area is 137 Å². The van der Waals surface area contributed by atoms with Gasteiger partial charge in [0.25, 0.3) is 0 Å². The molecule has 0 heterocycles. The van der Waals surface area contributed by atoms with Gasteiger partial charge in [-0.2, -0.15) is 27.0 Å². The van der Waals surface area contributed by atoms with Crippen LogP contribution in [0.2, 0.25) is 0 Å². The van der Waals surface area contributed by atoms with E-state index in [1.165, 1.54) is 32.1 Å². The fraction of sp³-hybridized carbons (Fsp3) is 0.625. The smallest absolute Gasteiger partial charge is 0.102 e. The zero-order valence-corrected chi connectivity index (χ0v) is 14.5. The Balaban J connectivity index is 0.00000180. The molecular weight excluding hydrogens is 286 g/mol. The average Bonchev–Trinajstić information content (AvgIpc) is 2.41. The van der Waals surface area contributed by atoms with E-state index in [9.17, 15) is 5.11 Å². The van der Waals surface area contributed by atoms with Crippen molar-refractivity contribution in [1.82, 2.24) is 5.32 Å². The Morgan fingerprint density at radius 1 is 1.10 bits per heavy atom. The van der Waals surface area contributed by atoms with E-state index in [-0.39, 0.29) is 33.0 Å². The molecule has 2 nitrogen and oxygen atoms in total. The molecular formula is C16H29NOS2. The van der Waals surface area contributed by atoms with Crippen LogP contribution in [-0.2, 0) is 5.60 Å². The van der Waals surface area contributed by atoms with Crippen LogP contribution >= 0.6 is 27.0 Å². The van der Waals surface area contributed by atoms with Crippen molar-refractivity contribution in [3.63, 3.8) is 0 Å². The summed E-state index contributed by atoms with van der Waals surface area (Å²) in [6.07, 6.45) is 6.41. The van der Waals surface area contributed by atoms with Crippen LogP contribution in [0.3, 0.4) is 0 Å². The van der Waals surface area contributed by atoms with E-state index in [4.69, 9.17) is 0 Å². The average molecular weight is 316 g/mol. The van der Waals surface area contributed by atoms with Crippen LogP contribution in [-0.4, -0.2) is 18.2 Å². The summed E-state index contributed by atoms with van der Waals surface area (Å²) in [4.78, 5) is 0. The summed E-state index contributed by atoms with van der Waals surface area (Å²) in [5.74, 6) is 0.582. The summed E-state index contributed by atoms with van der Waals surface area (Å²) in [5.41, 5.74) is 0.216. The summed E-state index contributed by atoms with van der Waals surface area (Å²) in [6.45, 7) is 1.94. The van der Waals surface area contributed by atoms with Crippen LogP contribution in [0, 0.1) is 5.92 Å². The first kappa shape index (κ1) is 19.8. The van der Waals surface area contributed by atoms with Gasteiger partial charge in [-0.05, 0) is 38.3 Å². The van der Waals surface area contributed by atoms with Gasteiger partial charge in [-0.3, -0.25) is 0 Å². The highest BCUT2D eigenvalue weighted by Crippen LogP contribution is 2.35. The standard InChI is InChI=1S/C16H25NO.2H2S/c1-16(18,14-11-7-4-8-12-14)15(17-2)13-9-5-3-6-10-13;;/h4,7-8,11-13,15,17-18H,3,5-6,9-10H2,1-2H3;2*1H2/t15-,16-;;/m0../s1. The van der Waals surface area contributed by atoms with Gasteiger partial charge in [0.1, 0.15) is 5.60 Å². The minimum Gasteiger partial charge on any atom is -0.384 e. The molecule has 0 amide bonds. The second kappa shape index (κ2) is 8.98. The van der Waals surface area contributed by atoms with E-state index in [1.54, 1.807) is 0 Å². The molecule has 0 radical (unpaired) electrons. The maximum absolute atomic E-state index is 10.9. The molecule has 2 rings (SSSR count). The summed E-state index contributed by atoms with van der Waals surface area (Å²) in [6, 6.07) is 10.2. The predicted octanol–water partition coefficient (Wildman–Crippen LogP) is 3.29. The fourth-order valence-corrected chi connectivity index (χ4v) is 3.40. The summed E-state index contributed by atoms with van der Waals surface area (Å²) in [7, 11) is 1.97. The van der Waals surface area contributed by atoms with Gasteiger partial charge in [0.05, 0.1) is 0 Å². The zero-order valence-electron chi connectivity index (χ0n) is 12.5. The monoisotopic (exact) mass is 315 g/mol. The van der Waals surface area contributed by atoms with Gasteiger partial charge in [-0.25, -0.2) is 0 Å². The van der Waals surface area contributed by atoms with Gasteiger partial charge >= 0.3 is 0 Å². The minimum atomic E-state index is -0.794. The number of aliphatic hydroxyl groups is 1. The van der Waals surface area contributed by atoms with Crippen molar-refractivity contribution in [3.8, 4) is 0 Å². The van der Waals surface area contributed by atoms with Gasteiger partial charge in [0.15, 0.2) is 0 Å². The second-order valence-corrected chi connectivity index (χ2v) is 5.68. The largest absolute Gasteiger partial charge is 0.384 e. The molecule has 116 valence electrons. The SMILES string of the molecule is CN[C@@H](C1CCCCC1)[C@@](C)(O)c1ccccc1.S.S. The molecule has 1 saturated carbocycles. The highest BCUT2D eigenvalue weighted by atomic mass is 32.1. The van der Waals surface area contributed by atoms with Crippen molar-refractivity contribution in [2.24, 2.45) is 5.92 Å². The van der Waals surface area contributed by atoms with Crippen LogP contribution in [0.1, 0.15) is 44.6 Å². The van der Waals surface area contributed by atoms with Gasteiger partial charge < -0.3 is 10.4 Å². The molecule has 4 heteroatoms. The molecule has 0 unspecified atom stereocenters.